The topological polar surface area (TPSA) is 32.3 Å². The highest BCUT2D eigenvalue weighted by atomic mass is 16.1. The Hall–Kier alpha value is -1.51. The van der Waals surface area contributed by atoms with Crippen LogP contribution in [0, 0.1) is 5.92 Å². The zero-order valence-electron chi connectivity index (χ0n) is 11.3. The van der Waals surface area contributed by atoms with Crippen molar-refractivity contribution in [3.63, 3.8) is 0 Å². The molecule has 1 aromatic carbocycles. The summed E-state index contributed by atoms with van der Waals surface area (Å²) < 4.78 is 0. The standard InChI is InChI=1S/C15H22N2O/c1-3-4-7-10-17-11-12(2)15(18)16-13-8-5-6-9-14(13)17/h5-6,8-9,12H,3-4,7,10-11H2,1-2H3,(H,16,18)/t12-/m0/s1. The highest BCUT2D eigenvalue weighted by Crippen LogP contribution is 2.29. The first-order valence-corrected chi connectivity index (χ1v) is 6.87. The van der Waals surface area contributed by atoms with Gasteiger partial charge in [0, 0.05) is 13.1 Å². The van der Waals surface area contributed by atoms with Gasteiger partial charge in [0.05, 0.1) is 17.3 Å². The van der Waals surface area contributed by atoms with E-state index in [0.29, 0.717) is 0 Å². The molecule has 0 aromatic heterocycles. The van der Waals surface area contributed by atoms with Crippen molar-refractivity contribution >= 4 is 17.3 Å². The molecule has 1 aromatic rings. The van der Waals surface area contributed by atoms with E-state index in [1.807, 2.05) is 25.1 Å². The Bertz CT molecular complexity index is 417. The van der Waals surface area contributed by atoms with Crippen LogP contribution >= 0.6 is 0 Å². The van der Waals surface area contributed by atoms with Crippen molar-refractivity contribution in [2.75, 3.05) is 23.3 Å². The number of unbranched alkanes of at least 4 members (excludes halogenated alkanes) is 2. The van der Waals surface area contributed by atoms with Crippen LogP contribution in [0.4, 0.5) is 11.4 Å². The monoisotopic (exact) mass is 246 g/mol. The van der Waals surface area contributed by atoms with Gasteiger partial charge in [-0.2, -0.15) is 0 Å². The minimum Gasteiger partial charge on any atom is -0.369 e. The summed E-state index contributed by atoms with van der Waals surface area (Å²) in [5, 5.41) is 3.01. The molecule has 0 fully saturated rings. The number of benzene rings is 1. The fraction of sp³-hybridized carbons (Fsp3) is 0.533. The lowest BCUT2D eigenvalue weighted by atomic mass is 10.1. The lowest BCUT2D eigenvalue weighted by Gasteiger charge is -2.25. The largest absolute Gasteiger partial charge is 0.369 e. The quantitative estimate of drug-likeness (QED) is 0.827. The van der Waals surface area contributed by atoms with Crippen LogP contribution in [0.2, 0.25) is 0 Å². The Balaban J connectivity index is 2.19. The summed E-state index contributed by atoms with van der Waals surface area (Å²) in [6.07, 6.45) is 3.66. The Morgan fingerprint density at radius 2 is 2.11 bits per heavy atom. The van der Waals surface area contributed by atoms with E-state index in [2.05, 4.69) is 23.2 Å². The van der Waals surface area contributed by atoms with E-state index in [9.17, 15) is 4.79 Å². The van der Waals surface area contributed by atoms with Gasteiger partial charge in [-0.15, -0.1) is 0 Å². The molecule has 0 spiro atoms. The van der Waals surface area contributed by atoms with Crippen molar-refractivity contribution in [1.82, 2.24) is 0 Å². The lowest BCUT2D eigenvalue weighted by Crippen LogP contribution is -2.31. The second kappa shape index (κ2) is 5.89. The van der Waals surface area contributed by atoms with Crippen molar-refractivity contribution in [1.29, 1.82) is 0 Å². The molecule has 3 heteroatoms. The predicted molar refractivity (Wildman–Crippen MR) is 76.0 cm³/mol. The number of hydrogen-bond acceptors (Lipinski definition) is 2. The van der Waals surface area contributed by atoms with Crippen LogP contribution in [-0.2, 0) is 4.79 Å². The van der Waals surface area contributed by atoms with Crippen LogP contribution in [0.3, 0.4) is 0 Å². The summed E-state index contributed by atoms with van der Waals surface area (Å²) in [4.78, 5) is 14.3. The first kappa shape index (κ1) is 12.9. The van der Waals surface area contributed by atoms with Gasteiger partial charge in [-0.3, -0.25) is 4.79 Å². The maximum atomic E-state index is 11.9. The number of hydrogen-bond donors (Lipinski definition) is 1. The third kappa shape index (κ3) is 2.84. The van der Waals surface area contributed by atoms with Crippen molar-refractivity contribution in [3.8, 4) is 0 Å². The lowest BCUT2D eigenvalue weighted by molar-refractivity contribution is -0.119. The average molecular weight is 246 g/mol. The molecule has 1 atom stereocenters. The van der Waals surface area contributed by atoms with Crippen molar-refractivity contribution < 1.29 is 4.79 Å². The fourth-order valence-electron chi connectivity index (χ4n) is 2.39. The van der Waals surface area contributed by atoms with Gasteiger partial charge in [-0.25, -0.2) is 0 Å². The number of carbonyl (C=O) groups excluding carboxylic acids is 1. The van der Waals surface area contributed by atoms with Gasteiger partial charge in [0.15, 0.2) is 0 Å². The molecule has 1 heterocycles. The van der Waals surface area contributed by atoms with Gasteiger partial charge in [0.2, 0.25) is 5.91 Å². The van der Waals surface area contributed by atoms with E-state index in [4.69, 9.17) is 0 Å². The zero-order chi connectivity index (χ0) is 13.0. The van der Waals surface area contributed by atoms with Crippen LogP contribution < -0.4 is 10.2 Å². The van der Waals surface area contributed by atoms with Crippen LogP contribution in [-0.4, -0.2) is 19.0 Å². The molecule has 0 saturated carbocycles. The molecule has 2 rings (SSSR count). The summed E-state index contributed by atoms with van der Waals surface area (Å²) in [5.41, 5.74) is 2.11. The maximum Gasteiger partial charge on any atom is 0.229 e. The van der Waals surface area contributed by atoms with Crippen LogP contribution in [0.25, 0.3) is 0 Å². The van der Waals surface area contributed by atoms with Gasteiger partial charge in [0.1, 0.15) is 0 Å². The highest BCUT2D eigenvalue weighted by molar-refractivity contribution is 5.97. The van der Waals surface area contributed by atoms with Crippen LogP contribution in [0.1, 0.15) is 33.1 Å². The molecule has 1 amide bonds. The number of para-hydroxylation sites is 2. The van der Waals surface area contributed by atoms with Gasteiger partial charge < -0.3 is 10.2 Å². The average Bonchev–Trinajstić information content (AvgIpc) is 2.49. The summed E-state index contributed by atoms with van der Waals surface area (Å²) in [6.45, 7) is 6.05. The molecule has 98 valence electrons. The van der Waals surface area contributed by atoms with E-state index >= 15 is 0 Å². The Morgan fingerprint density at radius 1 is 1.33 bits per heavy atom. The molecule has 0 unspecified atom stereocenters. The highest BCUT2D eigenvalue weighted by Gasteiger charge is 2.23. The zero-order valence-corrected chi connectivity index (χ0v) is 11.3. The van der Waals surface area contributed by atoms with Gasteiger partial charge in [-0.05, 0) is 18.6 Å². The number of nitrogens with zero attached hydrogens (tertiary/aromatic N) is 1. The van der Waals surface area contributed by atoms with Crippen LogP contribution in [0.15, 0.2) is 24.3 Å². The normalized spacial score (nSPS) is 19.1. The number of rotatable bonds is 4. The summed E-state index contributed by atoms with van der Waals surface area (Å²) >= 11 is 0. The van der Waals surface area contributed by atoms with Crippen LogP contribution in [0.5, 0.6) is 0 Å². The number of fused-ring (bicyclic) bond motifs is 1. The summed E-state index contributed by atoms with van der Waals surface area (Å²) in [6, 6.07) is 8.09. The first-order valence-electron chi connectivity index (χ1n) is 6.87. The van der Waals surface area contributed by atoms with Gasteiger partial charge in [-0.1, -0.05) is 38.8 Å². The Labute approximate surface area is 109 Å². The van der Waals surface area contributed by atoms with Gasteiger partial charge >= 0.3 is 0 Å². The molecular formula is C15H22N2O. The molecule has 1 N–H and O–H groups in total. The molecule has 1 aliphatic heterocycles. The Morgan fingerprint density at radius 3 is 2.89 bits per heavy atom. The van der Waals surface area contributed by atoms with E-state index in [-0.39, 0.29) is 11.8 Å². The molecule has 1 aliphatic rings. The second-order valence-corrected chi connectivity index (χ2v) is 5.06. The number of nitrogens with one attached hydrogen (secondary N) is 1. The molecule has 3 nitrogen and oxygen atoms in total. The van der Waals surface area contributed by atoms with E-state index in [1.54, 1.807) is 0 Å². The molecule has 0 aliphatic carbocycles. The van der Waals surface area contributed by atoms with E-state index < -0.39 is 0 Å². The van der Waals surface area contributed by atoms with Crippen molar-refractivity contribution in [2.24, 2.45) is 5.92 Å². The molecule has 0 saturated heterocycles. The first-order chi connectivity index (χ1) is 8.72. The predicted octanol–water partition coefficient (Wildman–Crippen LogP) is 3.27. The maximum absolute atomic E-state index is 11.9. The number of carbonyl (C=O) groups is 1. The second-order valence-electron chi connectivity index (χ2n) is 5.06. The van der Waals surface area contributed by atoms with E-state index in [0.717, 1.165) is 24.5 Å². The fourth-order valence-corrected chi connectivity index (χ4v) is 2.39. The summed E-state index contributed by atoms with van der Waals surface area (Å²) in [5.74, 6) is 0.166. The van der Waals surface area contributed by atoms with Crippen molar-refractivity contribution in [2.45, 2.75) is 33.1 Å². The number of amides is 1. The third-order valence-electron chi connectivity index (χ3n) is 3.48. The third-order valence-corrected chi connectivity index (χ3v) is 3.48. The summed E-state index contributed by atoms with van der Waals surface area (Å²) in [7, 11) is 0. The molecular weight excluding hydrogens is 224 g/mol. The molecule has 18 heavy (non-hydrogen) atoms. The van der Waals surface area contributed by atoms with Crippen molar-refractivity contribution in [3.05, 3.63) is 24.3 Å². The smallest absolute Gasteiger partial charge is 0.229 e. The molecule has 0 bridgehead atoms. The SMILES string of the molecule is CCCCCN1C[C@H](C)C(=O)Nc2ccccc21. The minimum atomic E-state index is 0.0408. The molecule has 0 radical (unpaired) electrons. The van der Waals surface area contributed by atoms with Gasteiger partial charge in [0.25, 0.3) is 0 Å². The number of anilines is 2. The van der Waals surface area contributed by atoms with E-state index in [1.165, 1.54) is 19.3 Å². The Kier molecular flexibility index (Phi) is 4.24. The minimum absolute atomic E-state index is 0.0408.